The molecule has 0 fully saturated rings. The van der Waals surface area contributed by atoms with Gasteiger partial charge in [0.15, 0.2) is 0 Å². The van der Waals surface area contributed by atoms with Crippen LogP contribution in [0, 0.1) is 0 Å². The Labute approximate surface area is 141 Å². The molecule has 0 saturated carbocycles. The molecule has 24 heavy (non-hydrogen) atoms. The zero-order valence-electron chi connectivity index (χ0n) is 13.4. The lowest BCUT2D eigenvalue weighted by molar-refractivity contribution is 0.415. The maximum absolute atomic E-state index is 5.30. The van der Waals surface area contributed by atoms with E-state index in [2.05, 4.69) is 65.6 Å². The first-order valence-electron chi connectivity index (χ1n) is 7.92. The van der Waals surface area contributed by atoms with Crippen LogP contribution >= 0.6 is 0 Å². The minimum absolute atomic E-state index is 0.883. The largest absolute Gasteiger partial charge is 0.497 e. The van der Waals surface area contributed by atoms with Crippen LogP contribution in [0.15, 0.2) is 85.2 Å². The zero-order chi connectivity index (χ0) is 16.4. The Hall–Kier alpha value is -3.13. The lowest BCUT2D eigenvalue weighted by Crippen LogP contribution is -1.84. The summed E-state index contributed by atoms with van der Waals surface area (Å²) in [5.41, 5.74) is 4.72. The van der Waals surface area contributed by atoms with Crippen LogP contribution in [0.5, 0.6) is 5.75 Å². The molecule has 116 valence electrons. The summed E-state index contributed by atoms with van der Waals surface area (Å²) in [7, 11) is 1.69. The second kappa shape index (κ2) is 6.17. The number of pyridine rings is 1. The van der Waals surface area contributed by atoms with E-state index in [1.807, 2.05) is 18.3 Å². The molecule has 0 radical (unpaired) electrons. The van der Waals surface area contributed by atoms with E-state index in [0.29, 0.717) is 0 Å². The Morgan fingerprint density at radius 1 is 0.667 bits per heavy atom. The third-order valence-electron chi connectivity index (χ3n) is 4.24. The number of ether oxygens (including phenoxy) is 1. The van der Waals surface area contributed by atoms with E-state index in [0.717, 1.165) is 11.3 Å². The van der Waals surface area contributed by atoms with Gasteiger partial charge in [-0.3, -0.25) is 4.98 Å². The summed E-state index contributed by atoms with van der Waals surface area (Å²) >= 11 is 0. The van der Waals surface area contributed by atoms with Crippen molar-refractivity contribution in [2.75, 3.05) is 7.11 Å². The van der Waals surface area contributed by atoms with Gasteiger partial charge in [0.1, 0.15) is 5.75 Å². The minimum Gasteiger partial charge on any atom is -0.497 e. The van der Waals surface area contributed by atoms with Gasteiger partial charge in [0.05, 0.1) is 7.11 Å². The smallest absolute Gasteiger partial charge is 0.119 e. The van der Waals surface area contributed by atoms with Crippen molar-refractivity contribution >= 4 is 10.8 Å². The third-order valence-corrected chi connectivity index (χ3v) is 4.24. The van der Waals surface area contributed by atoms with Gasteiger partial charge in [-0.1, -0.05) is 42.5 Å². The van der Waals surface area contributed by atoms with Crippen molar-refractivity contribution in [3.8, 4) is 28.0 Å². The monoisotopic (exact) mass is 311 g/mol. The number of benzene rings is 3. The molecule has 4 rings (SSSR count). The standard InChI is InChI=1S/C22H17NO/c1-24-22-10-9-19-13-18(7-8-20(19)14-22)16-4-2-5-17(12-16)21-6-3-11-23-15-21/h2-15H,1H3. The lowest BCUT2D eigenvalue weighted by atomic mass is 9.98. The summed E-state index contributed by atoms with van der Waals surface area (Å²) < 4.78 is 5.30. The van der Waals surface area contributed by atoms with Crippen molar-refractivity contribution in [1.82, 2.24) is 4.98 Å². The van der Waals surface area contributed by atoms with E-state index in [1.54, 1.807) is 13.3 Å². The number of hydrogen-bond acceptors (Lipinski definition) is 2. The van der Waals surface area contributed by atoms with Gasteiger partial charge in [-0.2, -0.15) is 0 Å². The molecular formula is C22H17NO. The fraction of sp³-hybridized carbons (Fsp3) is 0.0455. The van der Waals surface area contributed by atoms with Crippen LogP contribution < -0.4 is 4.74 Å². The Bertz CT molecular complexity index is 993. The number of fused-ring (bicyclic) bond motifs is 1. The molecule has 3 aromatic carbocycles. The van der Waals surface area contributed by atoms with Gasteiger partial charge in [-0.05, 0) is 57.8 Å². The van der Waals surface area contributed by atoms with Gasteiger partial charge in [-0.25, -0.2) is 0 Å². The Morgan fingerprint density at radius 2 is 1.38 bits per heavy atom. The average molecular weight is 311 g/mol. The summed E-state index contributed by atoms with van der Waals surface area (Å²) in [5.74, 6) is 0.883. The van der Waals surface area contributed by atoms with Crippen LogP contribution in [-0.4, -0.2) is 12.1 Å². The molecule has 0 bridgehead atoms. The quantitative estimate of drug-likeness (QED) is 0.493. The minimum atomic E-state index is 0.883. The molecule has 0 spiro atoms. The van der Waals surface area contributed by atoms with Crippen LogP contribution in [0.4, 0.5) is 0 Å². The van der Waals surface area contributed by atoms with Gasteiger partial charge in [0.2, 0.25) is 0 Å². The second-order valence-corrected chi connectivity index (χ2v) is 5.75. The van der Waals surface area contributed by atoms with Gasteiger partial charge >= 0.3 is 0 Å². The molecule has 0 aliphatic carbocycles. The first-order valence-corrected chi connectivity index (χ1v) is 7.92. The van der Waals surface area contributed by atoms with Gasteiger partial charge in [0.25, 0.3) is 0 Å². The number of rotatable bonds is 3. The fourth-order valence-corrected chi connectivity index (χ4v) is 2.94. The second-order valence-electron chi connectivity index (χ2n) is 5.75. The number of nitrogens with zero attached hydrogens (tertiary/aromatic N) is 1. The molecule has 0 saturated heterocycles. The van der Waals surface area contributed by atoms with Gasteiger partial charge < -0.3 is 4.74 Å². The van der Waals surface area contributed by atoms with Crippen LogP contribution in [0.25, 0.3) is 33.0 Å². The molecule has 1 aromatic heterocycles. The number of aromatic nitrogens is 1. The number of methoxy groups -OCH3 is 1. The predicted octanol–water partition coefficient (Wildman–Crippen LogP) is 5.58. The average Bonchev–Trinajstić information content (AvgIpc) is 2.68. The SMILES string of the molecule is COc1ccc2cc(-c3cccc(-c4cccnc4)c3)ccc2c1. The molecule has 0 atom stereocenters. The summed E-state index contributed by atoms with van der Waals surface area (Å²) in [4.78, 5) is 4.21. The highest BCUT2D eigenvalue weighted by Crippen LogP contribution is 2.29. The van der Waals surface area contributed by atoms with E-state index in [4.69, 9.17) is 4.74 Å². The van der Waals surface area contributed by atoms with Crippen molar-refractivity contribution in [2.24, 2.45) is 0 Å². The maximum Gasteiger partial charge on any atom is 0.119 e. The van der Waals surface area contributed by atoms with Gasteiger partial charge in [0, 0.05) is 18.0 Å². The highest BCUT2D eigenvalue weighted by atomic mass is 16.5. The molecule has 1 heterocycles. The van der Waals surface area contributed by atoms with Crippen molar-refractivity contribution < 1.29 is 4.74 Å². The highest BCUT2D eigenvalue weighted by Gasteiger charge is 2.04. The molecule has 0 N–H and O–H groups in total. The van der Waals surface area contributed by atoms with Gasteiger partial charge in [-0.15, -0.1) is 0 Å². The topological polar surface area (TPSA) is 22.1 Å². The molecule has 2 nitrogen and oxygen atoms in total. The molecule has 0 amide bonds. The maximum atomic E-state index is 5.30. The predicted molar refractivity (Wildman–Crippen MR) is 99.2 cm³/mol. The Balaban J connectivity index is 1.77. The first kappa shape index (κ1) is 14.5. The van der Waals surface area contributed by atoms with E-state index < -0.39 is 0 Å². The van der Waals surface area contributed by atoms with Crippen LogP contribution in [-0.2, 0) is 0 Å². The summed E-state index contributed by atoms with van der Waals surface area (Å²) in [6, 6.07) is 25.3. The molecule has 0 aliphatic rings. The summed E-state index contributed by atoms with van der Waals surface area (Å²) in [5, 5.41) is 2.39. The Kier molecular flexibility index (Phi) is 3.72. The molecule has 0 unspecified atom stereocenters. The normalized spacial score (nSPS) is 10.7. The van der Waals surface area contributed by atoms with Crippen molar-refractivity contribution in [3.05, 3.63) is 85.2 Å². The van der Waals surface area contributed by atoms with E-state index in [1.165, 1.54) is 27.5 Å². The molecule has 4 aromatic rings. The molecule has 0 aliphatic heterocycles. The van der Waals surface area contributed by atoms with Crippen LogP contribution in [0.1, 0.15) is 0 Å². The van der Waals surface area contributed by atoms with Crippen molar-refractivity contribution in [1.29, 1.82) is 0 Å². The first-order chi connectivity index (χ1) is 11.8. The molecular weight excluding hydrogens is 294 g/mol. The van der Waals surface area contributed by atoms with Crippen molar-refractivity contribution in [3.63, 3.8) is 0 Å². The van der Waals surface area contributed by atoms with Crippen LogP contribution in [0.2, 0.25) is 0 Å². The third kappa shape index (κ3) is 2.74. The van der Waals surface area contributed by atoms with E-state index in [-0.39, 0.29) is 0 Å². The Morgan fingerprint density at radius 3 is 2.17 bits per heavy atom. The summed E-state index contributed by atoms with van der Waals surface area (Å²) in [6.07, 6.45) is 3.69. The van der Waals surface area contributed by atoms with Crippen LogP contribution in [0.3, 0.4) is 0 Å². The van der Waals surface area contributed by atoms with E-state index in [9.17, 15) is 0 Å². The van der Waals surface area contributed by atoms with Crippen molar-refractivity contribution in [2.45, 2.75) is 0 Å². The number of hydrogen-bond donors (Lipinski definition) is 0. The lowest BCUT2D eigenvalue weighted by Gasteiger charge is -2.08. The van der Waals surface area contributed by atoms with E-state index >= 15 is 0 Å². The highest BCUT2D eigenvalue weighted by molar-refractivity contribution is 5.89. The molecule has 2 heteroatoms. The summed E-state index contributed by atoms with van der Waals surface area (Å²) in [6.45, 7) is 0. The zero-order valence-corrected chi connectivity index (χ0v) is 13.4. The fourth-order valence-electron chi connectivity index (χ4n) is 2.94.